The Bertz CT molecular complexity index is 435. The Morgan fingerprint density at radius 3 is 2.29 bits per heavy atom. The van der Waals surface area contributed by atoms with E-state index in [1.54, 1.807) is 25.9 Å². The second-order valence-electron chi connectivity index (χ2n) is 4.09. The van der Waals surface area contributed by atoms with Crippen LogP contribution in [0.2, 0.25) is 0 Å². The molecule has 0 fully saturated rings. The number of benzene rings is 1. The highest BCUT2D eigenvalue weighted by Gasteiger charge is 2.39. The number of carbonyl (C=O) groups excluding carboxylic acids is 1. The second kappa shape index (κ2) is 4.79. The van der Waals surface area contributed by atoms with E-state index in [0.717, 1.165) is 12.1 Å². The van der Waals surface area contributed by atoms with Crippen molar-refractivity contribution in [1.29, 1.82) is 0 Å². The summed E-state index contributed by atoms with van der Waals surface area (Å²) in [7, 11) is 4.58. The fourth-order valence-corrected chi connectivity index (χ4v) is 1.56. The van der Waals surface area contributed by atoms with Crippen LogP contribution >= 0.6 is 0 Å². The summed E-state index contributed by atoms with van der Waals surface area (Å²) < 4.78 is 30.8. The highest BCUT2D eigenvalue weighted by Crippen LogP contribution is 2.28. The Balaban J connectivity index is 3.32. The fraction of sp³-hybridized carbons (Fsp3) is 0.417. The van der Waals surface area contributed by atoms with Crippen LogP contribution in [0.25, 0.3) is 0 Å². The Morgan fingerprint density at radius 2 is 1.88 bits per heavy atom. The predicted molar refractivity (Wildman–Crippen MR) is 59.4 cm³/mol. The average molecular weight is 243 g/mol. The molecule has 0 aliphatic rings. The molecule has 0 heterocycles. The van der Waals surface area contributed by atoms with Crippen LogP contribution < -0.4 is 0 Å². The Hall–Kier alpha value is -1.49. The van der Waals surface area contributed by atoms with Crippen LogP contribution in [0.3, 0.4) is 0 Å². The van der Waals surface area contributed by atoms with E-state index < -0.39 is 23.1 Å². The molecular formula is C12H15F2NO2. The van der Waals surface area contributed by atoms with Crippen LogP contribution in [0.1, 0.15) is 12.5 Å². The number of halogens is 2. The number of esters is 1. The molecular weight excluding hydrogens is 228 g/mol. The van der Waals surface area contributed by atoms with Crippen LogP contribution in [0, 0.1) is 11.6 Å². The monoisotopic (exact) mass is 243 g/mol. The van der Waals surface area contributed by atoms with Crippen molar-refractivity contribution in [3.05, 3.63) is 35.4 Å². The van der Waals surface area contributed by atoms with E-state index in [4.69, 9.17) is 4.74 Å². The minimum absolute atomic E-state index is 0.341. The van der Waals surface area contributed by atoms with Gasteiger partial charge < -0.3 is 4.74 Å². The summed E-state index contributed by atoms with van der Waals surface area (Å²) in [4.78, 5) is 13.4. The molecule has 0 saturated heterocycles. The van der Waals surface area contributed by atoms with E-state index >= 15 is 0 Å². The zero-order chi connectivity index (χ0) is 13.2. The molecule has 1 unspecified atom stereocenters. The first kappa shape index (κ1) is 13.6. The lowest BCUT2D eigenvalue weighted by Gasteiger charge is -2.33. The van der Waals surface area contributed by atoms with Crippen molar-refractivity contribution >= 4 is 5.97 Å². The standard InChI is InChI=1S/C12H15F2NO2/c1-12(15(2)3,11(16)17-4)8-5-6-9(13)10(14)7-8/h5-7H,1-4H3. The lowest BCUT2D eigenvalue weighted by atomic mass is 9.90. The molecule has 0 aliphatic carbocycles. The predicted octanol–water partition coefficient (Wildman–Crippen LogP) is 1.91. The quantitative estimate of drug-likeness (QED) is 0.759. The molecule has 0 bridgehead atoms. The minimum atomic E-state index is -1.15. The SMILES string of the molecule is COC(=O)C(C)(c1ccc(F)c(F)c1)N(C)C. The van der Waals surface area contributed by atoms with Crippen LogP contribution in [0.5, 0.6) is 0 Å². The minimum Gasteiger partial charge on any atom is -0.467 e. The molecule has 3 nitrogen and oxygen atoms in total. The number of likely N-dealkylation sites (N-methyl/N-ethyl adjacent to an activating group) is 1. The van der Waals surface area contributed by atoms with Crippen molar-refractivity contribution in [2.75, 3.05) is 21.2 Å². The van der Waals surface area contributed by atoms with Crippen LogP contribution in [0.4, 0.5) is 8.78 Å². The molecule has 94 valence electrons. The van der Waals surface area contributed by atoms with Gasteiger partial charge in [-0.3, -0.25) is 4.90 Å². The van der Waals surface area contributed by atoms with Crippen molar-refractivity contribution in [1.82, 2.24) is 4.90 Å². The highest BCUT2D eigenvalue weighted by atomic mass is 19.2. The molecule has 0 radical (unpaired) electrons. The maximum Gasteiger partial charge on any atom is 0.330 e. The molecule has 5 heteroatoms. The molecule has 1 atom stereocenters. The summed E-state index contributed by atoms with van der Waals surface area (Å²) in [6.45, 7) is 1.59. The average Bonchev–Trinajstić information content (AvgIpc) is 2.30. The third-order valence-corrected chi connectivity index (χ3v) is 2.96. The third kappa shape index (κ3) is 2.29. The van der Waals surface area contributed by atoms with E-state index in [0.29, 0.717) is 5.56 Å². The van der Waals surface area contributed by atoms with Gasteiger partial charge in [0.25, 0.3) is 0 Å². The van der Waals surface area contributed by atoms with Gasteiger partial charge in [-0.05, 0) is 38.7 Å². The Morgan fingerprint density at radius 1 is 1.29 bits per heavy atom. The summed E-state index contributed by atoms with van der Waals surface area (Å²) >= 11 is 0. The summed E-state index contributed by atoms with van der Waals surface area (Å²) in [5.74, 6) is -2.47. The molecule has 1 aromatic carbocycles. The zero-order valence-corrected chi connectivity index (χ0v) is 10.3. The molecule has 0 aliphatic heterocycles. The maximum absolute atomic E-state index is 13.2. The molecule has 0 saturated carbocycles. The highest BCUT2D eigenvalue weighted by molar-refractivity contribution is 5.82. The second-order valence-corrected chi connectivity index (χ2v) is 4.09. The van der Waals surface area contributed by atoms with Crippen molar-refractivity contribution in [2.24, 2.45) is 0 Å². The molecule has 0 spiro atoms. The van der Waals surface area contributed by atoms with E-state index in [1.165, 1.54) is 13.2 Å². The number of hydrogen-bond donors (Lipinski definition) is 0. The van der Waals surface area contributed by atoms with E-state index in [2.05, 4.69) is 0 Å². The smallest absolute Gasteiger partial charge is 0.330 e. The van der Waals surface area contributed by atoms with Gasteiger partial charge in [-0.25, -0.2) is 13.6 Å². The first-order valence-electron chi connectivity index (χ1n) is 5.05. The van der Waals surface area contributed by atoms with E-state index in [1.807, 2.05) is 0 Å². The van der Waals surface area contributed by atoms with Crippen LogP contribution in [0.15, 0.2) is 18.2 Å². The Labute approximate surface area is 99.0 Å². The van der Waals surface area contributed by atoms with Gasteiger partial charge in [0, 0.05) is 0 Å². The van der Waals surface area contributed by atoms with Gasteiger partial charge in [0.1, 0.15) is 5.54 Å². The summed E-state index contributed by atoms with van der Waals surface area (Å²) in [5, 5.41) is 0. The van der Waals surface area contributed by atoms with Gasteiger partial charge in [0.05, 0.1) is 7.11 Å². The van der Waals surface area contributed by atoms with Crippen molar-refractivity contribution in [3.8, 4) is 0 Å². The zero-order valence-electron chi connectivity index (χ0n) is 10.3. The number of hydrogen-bond acceptors (Lipinski definition) is 3. The van der Waals surface area contributed by atoms with Gasteiger partial charge in [-0.15, -0.1) is 0 Å². The molecule has 17 heavy (non-hydrogen) atoms. The first-order valence-corrected chi connectivity index (χ1v) is 5.05. The van der Waals surface area contributed by atoms with Crippen molar-refractivity contribution in [2.45, 2.75) is 12.5 Å². The summed E-state index contributed by atoms with van der Waals surface area (Å²) in [6.07, 6.45) is 0. The molecule has 0 N–H and O–H groups in total. The number of methoxy groups -OCH3 is 1. The summed E-state index contributed by atoms with van der Waals surface area (Å²) in [6, 6.07) is 3.37. The number of nitrogens with zero attached hydrogens (tertiary/aromatic N) is 1. The lowest BCUT2D eigenvalue weighted by Crippen LogP contribution is -2.46. The molecule has 1 rings (SSSR count). The van der Waals surface area contributed by atoms with Crippen LogP contribution in [-0.4, -0.2) is 32.1 Å². The van der Waals surface area contributed by atoms with Crippen LogP contribution in [-0.2, 0) is 15.1 Å². The topological polar surface area (TPSA) is 29.5 Å². The summed E-state index contributed by atoms with van der Waals surface area (Å²) in [5.41, 5.74) is -0.809. The van der Waals surface area contributed by atoms with Gasteiger partial charge >= 0.3 is 5.97 Å². The van der Waals surface area contributed by atoms with Crippen molar-refractivity contribution < 1.29 is 18.3 Å². The molecule has 1 aromatic rings. The maximum atomic E-state index is 13.2. The number of rotatable bonds is 3. The molecule has 0 aromatic heterocycles. The third-order valence-electron chi connectivity index (χ3n) is 2.96. The fourth-order valence-electron chi connectivity index (χ4n) is 1.56. The van der Waals surface area contributed by atoms with Gasteiger partial charge in [0.15, 0.2) is 11.6 Å². The van der Waals surface area contributed by atoms with Gasteiger partial charge in [-0.1, -0.05) is 6.07 Å². The normalized spacial score (nSPS) is 14.5. The van der Waals surface area contributed by atoms with E-state index in [-0.39, 0.29) is 0 Å². The number of carbonyl (C=O) groups is 1. The molecule has 0 amide bonds. The van der Waals surface area contributed by atoms with Gasteiger partial charge in [-0.2, -0.15) is 0 Å². The first-order chi connectivity index (χ1) is 7.83. The number of ether oxygens (including phenoxy) is 1. The Kier molecular flexibility index (Phi) is 3.83. The largest absolute Gasteiger partial charge is 0.467 e. The lowest BCUT2D eigenvalue weighted by molar-refractivity contribution is -0.153. The van der Waals surface area contributed by atoms with Crippen molar-refractivity contribution in [3.63, 3.8) is 0 Å². The van der Waals surface area contributed by atoms with E-state index in [9.17, 15) is 13.6 Å². The van der Waals surface area contributed by atoms with Gasteiger partial charge in [0.2, 0.25) is 0 Å².